The lowest BCUT2D eigenvalue weighted by Crippen LogP contribution is -2.54. The number of rotatable bonds is 1. The van der Waals surface area contributed by atoms with Gasteiger partial charge in [-0.3, -0.25) is 0 Å². The van der Waals surface area contributed by atoms with E-state index in [0.29, 0.717) is 6.54 Å². The molecule has 2 N–H and O–H groups in total. The average molecular weight is 230 g/mol. The summed E-state index contributed by atoms with van der Waals surface area (Å²) in [6, 6.07) is -0.156. The Balaban J connectivity index is 2.55. The van der Waals surface area contributed by atoms with E-state index in [1.807, 2.05) is 20.8 Å². The van der Waals surface area contributed by atoms with Gasteiger partial charge in [0.05, 0.1) is 12.1 Å². The van der Waals surface area contributed by atoms with E-state index in [2.05, 4.69) is 5.32 Å². The predicted octanol–water partition coefficient (Wildman–Crippen LogP) is 0.576. The van der Waals surface area contributed by atoms with Crippen molar-refractivity contribution in [2.24, 2.45) is 0 Å². The molecule has 0 aliphatic carbocycles. The van der Waals surface area contributed by atoms with Gasteiger partial charge in [-0.05, 0) is 33.7 Å². The van der Waals surface area contributed by atoms with Crippen molar-refractivity contribution in [1.82, 2.24) is 10.2 Å². The quantitative estimate of drug-likeness (QED) is 0.691. The number of hydrogen-bond donors (Lipinski definition) is 2. The second-order valence-electron chi connectivity index (χ2n) is 5.22. The van der Waals surface area contributed by atoms with Crippen LogP contribution in [0.1, 0.15) is 27.2 Å². The Morgan fingerprint density at radius 2 is 2.12 bits per heavy atom. The third-order valence-electron chi connectivity index (χ3n) is 2.59. The first-order valence-electron chi connectivity index (χ1n) is 5.66. The monoisotopic (exact) mass is 230 g/mol. The van der Waals surface area contributed by atoms with E-state index >= 15 is 0 Å². The number of hydrogen-bond acceptors (Lipinski definition) is 4. The van der Waals surface area contributed by atoms with Crippen molar-refractivity contribution >= 4 is 6.09 Å². The minimum Gasteiger partial charge on any atom is -0.444 e. The summed E-state index contributed by atoms with van der Waals surface area (Å²) in [5.74, 6) is 0. The maximum Gasteiger partial charge on any atom is 0.410 e. The van der Waals surface area contributed by atoms with Crippen molar-refractivity contribution in [1.29, 1.82) is 0 Å². The summed E-state index contributed by atoms with van der Waals surface area (Å²) >= 11 is 0. The number of β-amino-alcohol motifs (C(OH)–C–C–N with tert-alkyl or cyclic N) is 1. The SMILES string of the molecule is CN(C(=O)OC(C)(C)C)C1CCNCC1O. The van der Waals surface area contributed by atoms with Crippen LogP contribution in [0.25, 0.3) is 0 Å². The lowest BCUT2D eigenvalue weighted by atomic mass is 10.0. The Labute approximate surface area is 96.8 Å². The molecule has 1 fully saturated rings. The van der Waals surface area contributed by atoms with Crippen molar-refractivity contribution in [3.05, 3.63) is 0 Å². The fourth-order valence-electron chi connectivity index (χ4n) is 1.75. The van der Waals surface area contributed by atoms with Gasteiger partial charge in [0.2, 0.25) is 0 Å². The fraction of sp³-hybridized carbons (Fsp3) is 0.909. The van der Waals surface area contributed by atoms with Gasteiger partial charge in [0, 0.05) is 13.6 Å². The average Bonchev–Trinajstić information content (AvgIpc) is 2.15. The molecule has 1 rings (SSSR count). The van der Waals surface area contributed by atoms with Crippen LogP contribution in [0.15, 0.2) is 0 Å². The summed E-state index contributed by atoms with van der Waals surface area (Å²) in [5, 5.41) is 12.9. The molecule has 0 aromatic rings. The molecule has 1 heterocycles. The lowest BCUT2D eigenvalue weighted by molar-refractivity contribution is -0.00463. The van der Waals surface area contributed by atoms with Crippen LogP contribution in [0, 0.1) is 0 Å². The highest BCUT2D eigenvalue weighted by Crippen LogP contribution is 2.15. The van der Waals surface area contributed by atoms with Crippen LogP contribution in [-0.4, -0.2) is 54.0 Å². The summed E-state index contributed by atoms with van der Waals surface area (Å²) < 4.78 is 5.26. The first kappa shape index (κ1) is 13.3. The smallest absolute Gasteiger partial charge is 0.410 e. The maximum atomic E-state index is 11.8. The highest BCUT2D eigenvalue weighted by atomic mass is 16.6. The largest absolute Gasteiger partial charge is 0.444 e. The first-order chi connectivity index (χ1) is 7.31. The molecule has 1 aliphatic rings. The fourth-order valence-corrected chi connectivity index (χ4v) is 1.75. The molecule has 0 spiro atoms. The molecule has 1 aliphatic heterocycles. The van der Waals surface area contributed by atoms with E-state index in [0.717, 1.165) is 13.0 Å². The molecule has 5 heteroatoms. The summed E-state index contributed by atoms with van der Waals surface area (Å²) in [6.45, 7) is 6.83. The number of carbonyl (C=O) groups is 1. The summed E-state index contributed by atoms with van der Waals surface area (Å²) in [4.78, 5) is 13.3. The number of aliphatic hydroxyl groups excluding tert-OH is 1. The number of piperidine rings is 1. The number of amides is 1. The highest BCUT2D eigenvalue weighted by Gasteiger charge is 2.31. The zero-order chi connectivity index (χ0) is 12.3. The topological polar surface area (TPSA) is 61.8 Å². The van der Waals surface area contributed by atoms with Gasteiger partial charge in [0.25, 0.3) is 0 Å². The number of ether oxygens (including phenoxy) is 1. The molecule has 1 saturated heterocycles. The van der Waals surface area contributed by atoms with E-state index in [1.54, 1.807) is 7.05 Å². The summed E-state index contributed by atoms with van der Waals surface area (Å²) in [6.07, 6.45) is -0.151. The van der Waals surface area contributed by atoms with Crippen LogP contribution in [0.5, 0.6) is 0 Å². The molecule has 0 aromatic carbocycles. The normalized spacial score (nSPS) is 26.3. The second-order valence-corrected chi connectivity index (χ2v) is 5.22. The molecule has 5 nitrogen and oxygen atoms in total. The molecule has 0 saturated carbocycles. The van der Waals surface area contributed by atoms with Gasteiger partial charge < -0.3 is 20.1 Å². The number of likely N-dealkylation sites (N-methyl/N-ethyl adjacent to an activating group) is 1. The Morgan fingerprint density at radius 1 is 1.50 bits per heavy atom. The summed E-state index contributed by atoms with van der Waals surface area (Å²) in [7, 11) is 1.67. The van der Waals surface area contributed by atoms with Gasteiger partial charge in [-0.15, -0.1) is 0 Å². The molecular formula is C11H22N2O3. The third kappa shape index (κ3) is 3.64. The Bertz CT molecular complexity index is 250. The number of nitrogens with one attached hydrogen (secondary N) is 1. The van der Waals surface area contributed by atoms with E-state index < -0.39 is 11.7 Å². The van der Waals surface area contributed by atoms with Crippen molar-refractivity contribution < 1.29 is 14.6 Å². The van der Waals surface area contributed by atoms with Crippen LogP contribution in [0.2, 0.25) is 0 Å². The molecule has 16 heavy (non-hydrogen) atoms. The van der Waals surface area contributed by atoms with Crippen LogP contribution in [0.4, 0.5) is 4.79 Å². The lowest BCUT2D eigenvalue weighted by Gasteiger charge is -2.36. The van der Waals surface area contributed by atoms with Gasteiger partial charge in [-0.1, -0.05) is 0 Å². The van der Waals surface area contributed by atoms with Crippen LogP contribution >= 0.6 is 0 Å². The van der Waals surface area contributed by atoms with Crippen molar-refractivity contribution in [3.8, 4) is 0 Å². The highest BCUT2D eigenvalue weighted by molar-refractivity contribution is 5.68. The van der Waals surface area contributed by atoms with Crippen molar-refractivity contribution in [3.63, 3.8) is 0 Å². The van der Waals surface area contributed by atoms with Crippen LogP contribution < -0.4 is 5.32 Å². The molecule has 2 unspecified atom stereocenters. The number of aliphatic hydroxyl groups is 1. The minimum atomic E-state index is -0.522. The Morgan fingerprint density at radius 3 is 2.62 bits per heavy atom. The van der Waals surface area contributed by atoms with Crippen LogP contribution in [0.3, 0.4) is 0 Å². The molecule has 0 aromatic heterocycles. The van der Waals surface area contributed by atoms with Crippen molar-refractivity contribution in [2.75, 3.05) is 20.1 Å². The predicted molar refractivity (Wildman–Crippen MR) is 61.3 cm³/mol. The third-order valence-corrected chi connectivity index (χ3v) is 2.59. The molecule has 94 valence electrons. The molecule has 0 radical (unpaired) electrons. The van der Waals surface area contributed by atoms with Gasteiger partial charge in [0.15, 0.2) is 0 Å². The van der Waals surface area contributed by atoms with Crippen LogP contribution in [-0.2, 0) is 4.74 Å². The molecule has 1 amide bonds. The van der Waals surface area contributed by atoms with E-state index in [1.165, 1.54) is 4.90 Å². The zero-order valence-electron chi connectivity index (χ0n) is 10.5. The van der Waals surface area contributed by atoms with E-state index in [-0.39, 0.29) is 12.1 Å². The molecular weight excluding hydrogens is 208 g/mol. The standard InChI is InChI=1S/C11H22N2O3/c1-11(2,3)16-10(15)13(4)8-5-6-12-7-9(8)14/h8-9,12,14H,5-7H2,1-4H3. The molecule has 2 atom stereocenters. The Kier molecular flexibility index (Phi) is 4.15. The maximum absolute atomic E-state index is 11.8. The molecule has 0 bridgehead atoms. The van der Waals surface area contributed by atoms with Crippen molar-refractivity contribution in [2.45, 2.75) is 44.9 Å². The van der Waals surface area contributed by atoms with Gasteiger partial charge in [0.1, 0.15) is 5.60 Å². The van der Waals surface area contributed by atoms with Gasteiger partial charge >= 0.3 is 6.09 Å². The summed E-state index contributed by atoms with van der Waals surface area (Å²) in [5.41, 5.74) is -0.497. The number of nitrogens with zero attached hydrogens (tertiary/aromatic N) is 1. The number of carbonyl (C=O) groups excluding carboxylic acids is 1. The first-order valence-corrected chi connectivity index (χ1v) is 5.66. The van der Waals surface area contributed by atoms with E-state index in [9.17, 15) is 9.90 Å². The minimum absolute atomic E-state index is 0.156. The zero-order valence-corrected chi connectivity index (χ0v) is 10.5. The van der Waals surface area contributed by atoms with Gasteiger partial charge in [-0.2, -0.15) is 0 Å². The second kappa shape index (κ2) is 5.01. The Hall–Kier alpha value is -0.810. The van der Waals surface area contributed by atoms with Gasteiger partial charge in [-0.25, -0.2) is 4.79 Å². The van der Waals surface area contributed by atoms with E-state index in [4.69, 9.17) is 4.74 Å².